The van der Waals surface area contributed by atoms with E-state index >= 15 is 0 Å². The monoisotopic (exact) mass is 370 g/mol. The van der Waals surface area contributed by atoms with Gasteiger partial charge in [-0.05, 0) is 43.0 Å². The number of hydrogen-bond acceptors (Lipinski definition) is 5. The second-order valence-corrected chi connectivity index (χ2v) is 7.77. The van der Waals surface area contributed by atoms with Gasteiger partial charge in [0, 0.05) is 36.8 Å². The van der Waals surface area contributed by atoms with Crippen molar-refractivity contribution in [3.8, 4) is 6.07 Å². The first-order valence-electron chi connectivity index (χ1n) is 9.40. The Hall–Kier alpha value is -2.46. The van der Waals surface area contributed by atoms with Crippen LogP contribution in [0, 0.1) is 23.2 Å². The van der Waals surface area contributed by atoms with Crippen molar-refractivity contribution in [2.24, 2.45) is 11.8 Å². The summed E-state index contributed by atoms with van der Waals surface area (Å²) in [5.41, 5.74) is 1.83. The molecule has 2 aliphatic heterocycles. The minimum Gasteiger partial charge on any atom is -0.371 e. The molecule has 1 N–H and O–H groups in total. The summed E-state index contributed by atoms with van der Waals surface area (Å²) in [6.07, 6.45) is -0.976. The summed E-state index contributed by atoms with van der Waals surface area (Å²) in [5, 5.41) is 12.4. The Morgan fingerprint density at radius 2 is 1.89 bits per heavy atom. The molecule has 7 heteroatoms. The van der Waals surface area contributed by atoms with Gasteiger partial charge in [0.15, 0.2) is 5.78 Å². The largest absolute Gasteiger partial charge is 0.371 e. The lowest BCUT2D eigenvalue weighted by Crippen LogP contribution is -2.42. The van der Waals surface area contributed by atoms with Crippen LogP contribution in [0.1, 0.15) is 23.7 Å². The predicted molar refractivity (Wildman–Crippen MR) is 98.1 cm³/mol. The summed E-state index contributed by atoms with van der Waals surface area (Å²) in [6, 6.07) is 9.37. The Morgan fingerprint density at radius 3 is 2.48 bits per heavy atom. The Kier molecular flexibility index (Phi) is 4.60. The Bertz CT molecular complexity index is 778. The van der Waals surface area contributed by atoms with E-state index in [4.69, 9.17) is 5.26 Å². The number of nitrogens with one attached hydrogen (secondary N) is 1. The number of benzene rings is 1. The van der Waals surface area contributed by atoms with Crippen molar-refractivity contribution in [2.75, 3.05) is 31.1 Å². The number of anilines is 1. The summed E-state index contributed by atoms with van der Waals surface area (Å²) in [6.45, 7) is 3.60. The average molecular weight is 370 g/mol. The number of alkyl halides is 1. The van der Waals surface area contributed by atoms with Gasteiger partial charge in [-0.2, -0.15) is 5.26 Å². The van der Waals surface area contributed by atoms with Crippen LogP contribution in [-0.4, -0.2) is 61.0 Å². The molecule has 0 spiro atoms. The van der Waals surface area contributed by atoms with Gasteiger partial charge in [0.2, 0.25) is 5.91 Å². The van der Waals surface area contributed by atoms with Crippen molar-refractivity contribution in [2.45, 2.75) is 31.6 Å². The molecule has 4 atom stereocenters. The van der Waals surface area contributed by atoms with Gasteiger partial charge < -0.3 is 15.1 Å². The van der Waals surface area contributed by atoms with Crippen molar-refractivity contribution >= 4 is 17.4 Å². The standard InChI is InChI=1S/C20H23FN4O2/c1-12(26)13-2-4-15(5-3-13)24-10-17-18(11-24)20(17)23-8-19(27)25-9-14(21)6-16(25)7-22/h2-5,14,16-18,20,23H,6,8-11H2,1H3/t14-,16?,17?,18?,20?/m0/s1. The molecule has 2 heterocycles. The number of fused-ring (bicyclic) bond motifs is 1. The van der Waals surface area contributed by atoms with Crippen molar-refractivity contribution in [1.82, 2.24) is 10.2 Å². The molecule has 3 unspecified atom stereocenters. The SMILES string of the molecule is CC(=O)c1ccc(N2CC3C(C2)C3NCC(=O)N2C[C@@H](F)CC2C#N)cc1. The molecule has 0 aromatic heterocycles. The van der Waals surface area contributed by atoms with E-state index in [-0.39, 0.29) is 31.2 Å². The van der Waals surface area contributed by atoms with Crippen molar-refractivity contribution in [3.63, 3.8) is 0 Å². The molecule has 1 amide bonds. The lowest BCUT2D eigenvalue weighted by molar-refractivity contribution is -0.130. The molecule has 27 heavy (non-hydrogen) atoms. The molecule has 6 nitrogen and oxygen atoms in total. The van der Waals surface area contributed by atoms with E-state index in [0.29, 0.717) is 23.4 Å². The van der Waals surface area contributed by atoms with E-state index in [1.165, 1.54) is 4.90 Å². The third-order valence-corrected chi connectivity index (χ3v) is 6.04. The molecule has 1 aliphatic carbocycles. The maximum absolute atomic E-state index is 13.5. The second-order valence-electron chi connectivity index (χ2n) is 7.77. The minimum atomic E-state index is -1.10. The highest BCUT2D eigenvalue weighted by Crippen LogP contribution is 2.46. The van der Waals surface area contributed by atoms with E-state index in [0.717, 1.165) is 18.8 Å². The van der Waals surface area contributed by atoms with Gasteiger partial charge in [0.05, 0.1) is 19.2 Å². The Morgan fingerprint density at radius 1 is 1.22 bits per heavy atom. The van der Waals surface area contributed by atoms with E-state index < -0.39 is 12.2 Å². The first-order chi connectivity index (χ1) is 13.0. The molecule has 1 aromatic carbocycles. The number of Topliss-reactive ketones (excluding diaryl/α,β-unsaturated/α-hetero) is 1. The average Bonchev–Trinajstić information content (AvgIpc) is 3.00. The zero-order valence-corrected chi connectivity index (χ0v) is 15.3. The first-order valence-corrected chi connectivity index (χ1v) is 9.40. The molecule has 2 saturated heterocycles. The van der Waals surface area contributed by atoms with Crippen LogP contribution in [0.25, 0.3) is 0 Å². The number of nitriles is 1. The highest BCUT2D eigenvalue weighted by molar-refractivity contribution is 5.94. The number of carbonyl (C=O) groups excluding carboxylic acids is 2. The zero-order valence-electron chi connectivity index (χ0n) is 15.3. The molecule has 0 radical (unpaired) electrons. The summed E-state index contributed by atoms with van der Waals surface area (Å²) in [5.74, 6) is 0.882. The first kappa shape index (κ1) is 17.9. The Balaban J connectivity index is 1.25. The van der Waals surface area contributed by atoms with Crippen molar-refractivity contribution < 1.29 is 14.0 Å². The van der Waals surface area contributed by atoms with Gasteiger partial charge in [-0.25, -0.2) is 4.39 Å². The summed E-state index contributed by atoms with van der Waals surface area (Å²) in [7, 11) is 0. The van der Waals surface area contributed by atoms with Gasteiger partial charge in [-0.3, -0.25) is 9.59 Å². The van der Waals surface area contributed by atoms with Gasteiger partial charge in [-0.15, -0.1) is 0 Å². The molecule has 142 valence electrons. The molecule has 3 aliphatic rings. The zero-order chi connectivity index (χ0) is 19.1. The predicted octanol–water partition coefficient (Wildman–Crippen LogP) is 1.38. The van der Waals surface area contributed by atoms with Crippen LogP contribution >= 0.6 is 0 Å². The molecule has 1 aromatic rings. The summed E-state index contributed by atoms with van der Waals surface area (Å²) < 4.78 is 13.5. The number of carbonyl (C=O) groups is 2. The van der Waals surface area contributed by atoms with E-state index in [1.54, 1.807) is 6.92 Å². The molecular weight excluding hydrogens is 347 g/mol. The van der Waals surface area contributed by atoms with E-state index in [2.05, 4.69) is 10.2 Å². The lowest BCUT2D eigenvalue weighted by atomic mass is 10.1. The number of hydrogen-bond donors (Lipinski definition) is 1. The number of halogens is 1. The fourth-order valence-electron chi connectivity index (χ4n) is 4.44. The minimum absolute atomic E-state index is 0.0281. The van der Waals surface area contributed by atoms with Crippen molar-refractivity contribution in [3.05, 3.63) is 29.8 Å². The van der Waals surface area contributed by atoms with Gasteiger partial charge in [0.1, 0.15) is 12.2 Å². The molecular formula is C20H23FN4O2. The molecule has 1 saturated carbocycles. The normalized spacial score (nSPS) is 31.5. The fourth-order valence-corrected chi connectivity index (χ4v) is 4.44. The number of likely N-dealkylation sites (tertiary alicyclic amines) is 1. The molecule has 4 rings (SSSR count). The summed E-state index contributed by atoms with van der Waals surface area (Å²) >= 11 is 0. The number of nitrogens with zero attached hydrogens (tertiary/aromatic N) is 3. The highest BCUT2D eigenvalue weighted by atomic mass is 19.1. The van der Waals surface area contributed by atoms with Gasteiger partial charge in [-0.1, -0.05) is 0 Å². The van der Waals surface area contributed by atoms with E-state index in [1.807, 2.05) is 30.3 Å². The Labute approximate surface area is 157 Å². The van der Waals surface area contributed by atoms with Crippen LogP contribution in [0.2, 0.25) is 0 Å². The number of rotatable bonds is 5. The molecule has 0 bridgehead atoms. The third-order valence-electron chi connectivity index (χ3n) is 6.04. The van der Waals surface area contributed by atoms with Crippen LogP contribution in [0.3, 0.4) is 0 Å². The number of piperidine rings is 1. The van der Waals surface area contributed by atoms with E-state index in [9.17, 15) is 14.0 Å². The summed E-state index contributed by atoms with van der Waals surface area (Å²) in [4.78, 5) is 27.3. The topological polar surface area (TPSA) is 76.4 Å². The van der Waals surface area contributed by atoms with Gasteiger partial charge >= 0.3 is 0 Å². The lowest BCUT2D eigenvalue weighted by Gasteiger charge is -2.23. The molecule has 3 fully saturated rings. The van der Waals surface area contributed by atoms with Gasteiger partial charge in [0.25, 0.3) is 0 Å². The quantitative estimate of drug-likeness (QED) is 0.793. The fraction of sp³-hybridized carbons (Fsp3) is 0.550. The maximum Gasteiger partial charge on any atom is 0.237 e. The smallest absolute Gasteiger partial charge is 0.237 e. The van der Waals surface area contributed by atoms with Crippen LogP contribution in [0.15, 0.2) is 24.3 Å². The number of ketones is 1. The van der Waals surface area contributed by atoms with Crippen LogP contribution in [0.5, 0.6) is 0 Å². The van der Waals surface area contributed by atoms with Crippen LogP contribution < -0.4 is 10.2 Å². The maximum atomic E-state index is 13.5. The number of amides is 1. The second kappa shape index (κ2) is 6.93. The third kappa shape index (κ3) is 3.42. The van der Waals surface area contributed by atoms with Crippen LogP contribution in [-0.2, 0) is 4.79 Å². The highest BCUT2D eigenvalue weighted by Gasteiger charge is 2.55. The van der Waals surface area contributed by atoms with Crippen molar-refractivity contribution in [1.29, 1.82) is 5.26 Å². The van der Waals surface area contributed by atoms with Crippen LogP contribution in [0.4, 0.5) is 10.1 Å².